The number of hydrazone groups is 1. The molecule has 0 fully saturated rings. The summed E-state index contributed by atoms with van der Waals surface area (Å²) in [6.45, 7) is 1.66. The van der Waals surface area contributed by atoms with Gasteiger partial charge in [-0.15, -0.1) is 0 Å². The molecule has 0 spiro atoms. The normalized spacial score (nSPS) is 11.7. The van der Waals surface area contributed by atoms with E-state index in [0.717, 1.165) is 18.2 Å². The van der Waals surface area contributed by atoms with Gasteiger partial charge in [-0.05, 0) is 37.3 Å². The van der Waals surface area contributed by atoms with Crippen LogP contribution in [0.5, 0.6) is 11.5 Å². The molecule has 0 saturated heterocycles. The van der Waals surface area contributed by atoms with Gasteiger partial charge in [0.05, 0.1) is 36.2 Å². The Kier molecular flexibility index (Phi) is 8.48. The molecule has 0 unspecified atom stereocenters. The number of benzene rings is 2. The fourth-order valence-electron chi connectivity index (χ4n) is 2.60. The van der Waals surface area contributed by atoms with Gasteiger partial charge < -0.3 is 14.8 Å². The van der Waals surface area contributed by atoms with Crippen LogP contribution in [0.3, 0.4) is 0 Å². The van der Waals surface area contributed by atoms with Crippen molar-refractivity contribution < 1.29 is 32.2 Å². The van der Waals surface area contributed by atoms with Crippen LogP contribution in [0.2, 0.25) is 5.02 Å². The highest BCUT2D eigenvalue weighted by molar-refractivity contribution is 6.33. The third-order valence-electron chi connectivity index (χ3n) is 4.29. The minimum absolute atomic E-state index is 0.0514. The Bertz CT molecular complexity index is 1030. The van der Waals surface area contributed by atoms with Crippen molar-refractivity contribution in [2.24, 2.45) is 5.10 Å². The molecule has 0 atom stereocenters. The summed E-state index contributed by atoms with van der Waals surface area (Å²) in [6, 6.07) is 7.67. The van der Waals surface area contributed by atoms with Gasteiger partial charge >= 0.3 is 6.18 Å². The molecule has 0 aromatic heterocycles. The van der Waals surface area contributed by atoms with Crippen LogP contribution in [0, 0.1) is 0 Å². The molecule has 172 valence electrons. The lowest BCUT2D eigenvalue weighted by Crippen LogP contribution is -2.22. The van der Waals surface area contributed by atoms with E-state index >= 15 is 0 Å². The van der Waals surface area contributed by atoms with Crippen LogP contribution < -0.4 is 20.2 Å². The zero-order valence-electron chi connectivity index (χ0n) is 17.5. The molecular weight excluding hydrogens is 451 g/mol. The van der Waals surface area contributed by atoms with Crippen LogP contribution in [0.25, 0.3) is 0 Å². The lowest BCUT2D eigenvalue weighted by Gasteiger charge is -2.11. The van der Waals surface area contributed by atoms with Crippen molar-refractivity contribution in [2.45, 2.75) is 25.9 Å². The van der Waals surface area contributed by atoms with E-state index in [-0.39, 0.29) is 23.6 Å². The largest absolute Gasteiger partial charge is 0.497 e. The third-order valence-corrected chi connectivity index (χ3v) is 4.62. The quantitative estimate of drug-likeness (QED) is 0.434. The number of hydrogen-bond donors (Lipinski definition) is 2. The van der Waals surface area contributed by atoms with Gasteiger partial charge in [0.1, 0.15) is 11.5 Å². The van der Waals surface area contributed by atoms with Gasteiger partial charge in [0.25, 0.3) is 0 Å². The second-order valence-electron chi connectivity index (χ2n) is 6.54. The number of carbonyl (C=O) groups is 2. The summed E-state index contributed by atoms with van der Waals surface area (Å²) in [7, 11) is 3.01. The molecule has 2 aromatic carbocycles. The van der Waals surface area contributed by atoms with E-state index < -0.39 is 23.6 Å². The van der Waals surface area contributed by atoms with Crippen LogP contribution in [-0.4, -0.2) is 31.7 Å². The number of halogens is 4. The van der Waals surface area contributed by atoms with Crippen LogP contribution >= 0.6 is 11.6 Å². The highest BCUT2D eigenvalue weighted by Crippen LogP contribution is 2.33. The Morgan fingerprint density at radius 1 is 1.03 bits per heavy atom. The zero-order valence-corrected chi connectivity index (χ0v) is 18.2. The smallest absolute Gasteiger partial charge is 0.416 e. The van der Waals surface area contributed by atoms with Gasteiger partial charge in [-0.3, -0.25) is 9.59 Å². The van der Waals surface area contributed by atoms with Gasteiger partial charge in [0.15, 0.2) is 0 Å². The minimum atomic E-state index is -4.58. The standard InChI is InChI=1S/C21H21ClF3N3O4/c1-12(15-6-5-14(31-2)11-18(15)32-3)27-28-20(30)9-8-19(29)26-17-10-13(21(23,24)25)4-7-16(17)22/h4-7,10-11H,8-9H2,1-3H3,(H,26,29)(H,28,30)/b27-12+. The fraction of sp³-hybridized carbons (Fsp3) is 0.286. The molecule has 2 N–H and O–H groups in total. The monoisotopic (exact) mass is 471 g/mol. The summed E-state index contributed by atoms with van der Waals surface area (Å²) in [5.41, 5.74) is 2.28. The number of amides is 2. The number of ether oxygens (including phenoxy) is 2. The molecule has 0 bridgehead atoms. The Morgan fingerprint density at radius 2 is 1.72 bits per heavy atom. The molecule has 0 radical (unpaired) electrons. The van der Waals surface area contributed by atoms with E-state index in [1.807, 2.05) is 0 Å². The first-order valence-corrected chi connectivity index (χ1v) is 9.65. The molecule has 32 heavy (non-hydrogen) atoms. The van der Waals surface area contributed by atoms with Crippen LogP contribution in [-0.2, 0) is 15.8 Å². The van der Waals surface area contributed by atoms with E-state index in [9.17, 15) is 22.8 Å². The number of carbonyl (C=O) groups excluding carboxylic acids is 2. The van der Waals surface area contributed by atoms with Crippen LogP contribution in [0.4, 0.5) is 18.9 Å². The van der Waals surface area contributed by atoms with E-state index in [2.05, 4.69) is 15.8 Å². The predicted molar refractivity (Wildman–Crippen MR) is 114 cm³/mol. The first-order valence-electron chi connectivity index (χ1n) is 9.27. The van der Waals surface area contributed by atoms with E-state index in [1.54, 1.807) is 25.1 Å². The zero-order chi connectivity index (χ0) is 23.9. The molecule has 11 heteroatoms. The fourth-order valence-corrected chi connectivity index (χ4v) is 2.76. The predicted octanol–water partition coefficient (Wildman–Crippen LogP) is 4.64. The molecule has 0 saturated carbocycles. The van der Waals surface area contributed by atoms with Crippen molar-refractivity contribution in [1.29, 1.82) is 0 Å². The SMILES string of the molecule is COc1ccc(/C(C)=N/NC(=O)CCC(=O)Nc2cc(C(F)(F)F)ccc2Cl)c(OC)c1. The number of nitrogens with one attached hydrogen (secondary N) is 2. The maximum Gasteiger partial charge on any atom is 0.416 e. The summed E-state index contributed by atoms with van der Waals surface area (Å²) in [5, 5.41) is 6.22. The van der Waals surface area contributed by atoms with Crippen molar-refractivity contribution in [2.75, 3.05) is 19.5 Å². The molecule has 7 nitrogen and oxygen atoms in total. The summed E-state index contributed by atoms with van der Waals surface area (Å²) in [5.74, 6) is -0.132. The first kappa shape index (κ1) is 25.0. The molecule has 0 heterocycles. The number of nitrogens with zero attached hydrogens (tertiary/aromatic N) is 1. The molecular formula is C21H21ClF3N3O4. The highest BCUT2D eigenvalue weighted by atomic mass is 35.5. The molecule has 0 aliphatic rings. The average molecular weight is 472 g/mol. The average Bonchev–Trinajstić information content (AvgIpc) is 2.76. The summed E-state index contributed by atoms with van der Waals surface area (Å²) < 4.78 is 48.9. The van der Waals surface area contributed by atoms with Crippen LogP contribution in [0.1, 0.15) is 30.9 Å². The van der Waals surface area contributed by atoms with Crippen molar-refractivity contribution in [3.8, 4) is 11.5 Å². The minimum Gasteiger partial charge on any atom is -0.497 e. The van der Waals surface area contributed by atoms with Gasteiger partial charge in [-0.25, -0.2) is 5.43 Å². The van der Waals surface area contributed by atoms with E-state index in [1.165, 1.54) is 14.2 Å². The van der Waals surface area contributed by atoms with Gasteiger partial charge in [0, 0.05) is 24.5 Å². The van der Waals surface area contributed by atoms with Gasteiger partial charge in [-0.1, -0.05) is 11.6 Å². The maximum absolute atomic E-state index is 12.8. The highest BCUT2D eigenvalue weighted by Gasteiger charge is 2.31. The number of hydrogen-bond acceptors (Lipinski definition) is 5. The Balaban J connectivity index is 1.94. The lowest BCUT2D eigenvalue weighted by molar-refractivity contribution is -0.137. The summed E-state index contributed by atoms with van der Waals surface area (Å²) in [6.07, 6.45) is -5.09. The Labute approximate surface area is 187 Å². The van der Waals surface area contributed by atoms with Crippen molar-refractivity contribution in [3.05, 3.63) is 52.5 Å². The van der Waals surface area contributed by atoms with Crippen LogP contribution in [0.15, 0.2) is 41.5 Å². The molecule has 0 aliphatic heterocycles. The number of methoxy groups -OCH3 is 2. The number of anilines is 1. The van der Waals surface area contributed by atoms with Crippen molar-refractivity contribution in [1.82, 2.24) is 5.43 Å². The summed E-state index contributed by atoms with van der Waals surface area (Å²) >= 11 is 5.84. The molecule has 0 aliphatic carbocycles. The second kappa shape index (κ2) is 10.9. The number of rotatable bonds is 8. The van der Waals surface area contributed by atoms with Crippen molar-refractivity contribution >= 4 is 34.8 Å². The lowest BCUT2D eigenvalue weighted by atomic mass is 10.1. The van der Waals surface area contributed by atoms with Crippen molar-refractivity contribution in [3.63, 3.8) is 0 Å². The molecule has 2 rings (SSSR count). The Hall–Kier alpha value is -3.27. The number of alkyl halides is 3. The topological polar surface area (TPSA) is 89.0 Å². The third kappa shape index (κ3) is 6.88. The Morgan fingerprint density at radius 3 is 2.34 bits per heavy atom. The molecule has 2 amide bonds. The van der Waals surface area contributed by atoms with Gasteiger partial charge in [0.2, 0.25) is 11.8 Å². The molecule has 2 aromatic rings. The summed E-state index contributed by atoms with van der Waals surface area (Å²) in [4.78, 5) is 24.1. The van der Waals surface area contributed by atoms with Gasteiger partial charge in [-0.2, -0.15) is 18.3 Å². The first-order chi connectivity index (χ1) is 15.0. The van der Waals surface area contributed by atoms with E-state index in [4.69, 9.17) is 21.1 Å². The van der Waals surface area contributed by atoms with E-state index in [0.29, 0.717) is 22.8 Å². The second-order valence-corrected chi connectivity index (χ2v) is 6.95. The maximum atomic E-state index is 12.8.